The Kier molecular flexibility index (Phi) is 4.14. The van der Waals surface area contributed by atoms with Crippen LogP contribution in [0.4, 0.5) is 11.4 Å². The van der Waals surface area contributed by atoms with Crippen LogP contribution in [-0.2, 0) is 10.0 Å². The second kappa shape index (κ2) is 5.70. The van der Waals surface area contributed by atoms with Gasteiger partial charge in [0.25, 0.3) is 0 Å². The second-order valence-corrected chi connectivity index (χ2v) is 6.93. The van der Waals surface area contributed by atoms with E-state index in [0.29, 0.717) is 17.2 Å². The summed E-state index contributed by atoms with van der Waals surface area (Å²) in [6.45, 7) is 1.87. The number of H-pyrrole nitrogens is 1. The predicted molar refractivity (Wildman–Crippen MR) is 80.1 cm³/mol. The van der Waals surface area contributed by atoms with Crippen LogP contribution >= 0.6 is 0 Å². The molecule has 0 spiro atoms. The van der Waals surface area contributed by atoms with Gasteiger partial charge >= 0.3 is 0 Å². The Hall–Kier alpha value is -2.13. The maximum Gasteiger partial charge on any atom is 0.242 e. The number of hydrogen-bond acceptors (Lipinski definition) is 6. The third-order valence-electron chi connectivity index (χ3n) is 3.02. The number of hydrogen-bond donors (Lipinski definition) is 3. The first-order valence-electron chi connectivity index (χ1n) is 6.26. The van der Waals surface area contributed by atoms with Gasteiger partial charge in [-0.2, -0.15) is 5.10 Å². The number of nitrogens with one attached hydrogen (secondary N) is 2. The molecule has 1 unspecified atom stereocenters. The highest BCUT2D eigenvalue weighted by Gasteiger charge is 2.19. The number of nitrogen functional groups attached to an aromatic ring is 1. The van der Waals surface area contributed by atoms with Crippen molar-refractivity contribution in [3.63, 3.8) is 0 Å². The first-order valence-corrected chi connectivity index (χ1v) is 7.70. The van der Waals surface area contributed by atoms with Gasteiger partial charge < -0.3 is 11.1 Å². The summed E-state index contributed by atoms with van der Waals surface area (Å²) in [7, 11) is -0.540. The molecule has 1 aromatic carbocycles. The van der Waals surface area contributed by atoms with Crippen molar-refractivity contribution in [2.75, 3.05) is 25.1 Å². The molecule has 0 bridgehead atoms. The molecule has 1 atom stereocenters. The lowest BCUT2D eigenvalue weighted by Gasteiger charge is -2.17. The molecule has 0 aliphatic heterocycles. The van der Waals surface area contributed by atoms with E-state index in [-0.39, 0.29) is 10.9 Å². The highest BCUT2D eigenvalue weighted by atomic mass is 32.2. The molecule has 2 rings (SSSR count). The van der Waals surface area contributed by atoms with Crippen LogP contribution in [0.15, 0.2) is 29.4 Å². The largest absolute Gasteiger partial charge is 0.397 e. The van der Waals surface area contributed by atoms with Crippen LogP contribution in [0.5, 0.6) is 0 Å². The van der Waals surface area contributed by atoms with Crippen molar-refractivity contribution in [1.82, 2.24) is 19.5 Å². The van der Waals surface area contributed by atoms with Gasteiger partial charge in [-0.15, -0.1) is 0 Å². The van der Waals surface area contributed by atoms with Gasteiger partial charge in [-0.25, -0.2) is 17.7 Å². The highest BCUT2D eigenvalue weighted by Crippen LogP contribution is 2.27. The molecule has 0 saturated heterocycles. The van der Waals surface area contributed by atoms with Gasteiger partial charge in [-0.1, -0.05) is 0 Å². The van der Waals surface area contributed by atoms with Crippen LogP contribution < -0.4 is 11.1 Å². The number of sulfonamides is 1. The van der Waals surface area contributed by atoms with E-state index >= 15 is 0 Å². The zero-order chi connectivity index (χ0) is 15.6. The molecular formula is C12H18N6O2S. The average Bonchev–Trinajstić information content (AvgIpc) is 2.94. The van der Waals surface area contributed by atoms with E-state index in [1.54, 1.807) is 6.07 Å². The number of nitrogens with two attached hydrogens (primary N) is 1. The molecular weight excluding hydrogens is 292 g/mol. The summed E-state index contributed by atoms with van der Waals surface area (Å²) >= 11 is 0. The standard InChI is InChI=1S/C12H18N6O2S/c1-8(12-14-7-15-17-12)16-11-6-9(4-5-10(11)13)21(19,20)18(2)3/h4-8,16H,13H2,1-3H3,(H,14,15,17). The van der Waals surface area contributed by atoms with Gasteiger partial charge in [0.15, 0.2) is 0 Å². The fourth-order valence-electron chi connectivity index (χ4n) is 1.76. The normalized spacial score (nSPS) is 13.3. The summed E-state index contributed by atoms with van der Waals surface area (Å²) in [4.78, 5) is 4.22. The van der Waals surface area contributed by atoms with Crippen LogP contribution in [0.25, 0.3) is 0 Å². The van der Waals surface area contributed by atoms with E-state index in [1.165, 1.54) is 32.6 Å². The third kappa shape index (κ3) is 3.14. The molecule has 21 heavy (non-hydrogen) atoms. The Bertz CT molecular complexity index is 711. The second-order valence-electron chi connectivity index (χ2n) is 4.77. The van der Waals surface area contributed by atoms with E-state index in [9.17, 15) is 8.42 Å². The van der Waals surface area contributed by atoms with E-state index in [4.69, 9.17) is 5.73 Å². The Labute approximate surface area is 123 Å². The SMILES string of the molecule is CC(Nc1cc(S(=O)(=O)N(C)C)ccc1N)c1ncn[nH]1. The molecule has 1 heterocycles. The molecule has 0 aliphatic carbocycles. The molecule has 0 radical (unpaired) electrons. The summed E-state index contributed by atoms with van der Waals surface area (Å²) in [5, 5.41) is 9.65. The number of anilines is 2. The molecule has 2 aromatic rings. The fourth-order valence-corrected chi connectivity index (χ4v) is 2.69. The smallest absolute Gasteiger partial charge is 0.242 e. The van der Waals surface area contributed by atoms with Crippen LogP contribution in [-0.4, -0.2) is 42.0 Å². The zero-order valence-corrected chi connectivity index (χ0v) is 12.8. The maximum atomic E-state index is 12.1. The molecule has 114 valence electrons. The van der Waals surface area contributed by atoms with Gasteiger partial charge in [0, 0.05) is 14.1 Å². The van der Waals surface area contributed by atoms with E-state index < -0.39 is 10.0 Å². The first kappa shape index (κ1) is 15.3. The number of aromatic amines is 1. The molecule has 0 fully saturated rings. The van der Waals surface area contributed by atoms with Crippen LogP contribution in [0.3, 0.4) is 0 Å². The van der Waals surface area contributed by atoms with Crippen molar-refractivity contribution >= 4 is 21.4 Å². The third-order valence-corrected chi connectivity index (χ3v) is 4.83. The minimum Gasteiger partial charge on any atom is -0.397 e. The molecule has 0 aliphatic rings. The molecule has 1 aromatic heterocycles. The van der Waals surface area contributed by atoms with E-state index in [0.717, 1.165) is 4.31 Å². The number of benzene rings is 1. The highest BCUT2D eigenvalue weighted by molar-refractivity contribution is 7.89. The predicted octanol–water partition coefficient (Wildman–Crippen LogP) is 0.810. The van der Waals surface area contributed by atoms with Gasteiger partial charge in [-0.05, 0) is 25.1 Å². The summed E-state index contributed by atoms with van der Waals surface area (Å²) in [6.07, 6.45) is 1.41. The molecule has 4 N–H and O–H groups in total. The lowest BCUT2D eigenvalue weighted by Crippen LogP contribution is -2.22. The topological polar surface area (TPSA) is 117 Å². The van der Waals surface area contributed by atoms with Gasteiger partial charge in [0.05, 0.1) is 22.3 Å². The van der Waals surface area contributed by atoms with Crippen LogP contribution in [0, 0.1) is 0 Å². The quantitative estimate of drug-likeness (QED) is 0.704. The summed E-state index contributed by atoms with van der Waals surface area (Å²) < 4.78 is 25.4. The Morgan fingerprint density at radius 2 is 2.10 bits per heavy atom. The number of rotatable bonds is 5. The lowest BCUT2D eigenvalue weighted by molar-refractivity contribution is 0.521. The van der Waals surface area contributed by atoms with Gasteiger partial charge in [0.2, 0.25) is 10.0 Å². The van der Waals surface area contributed by atoms with Crippen molar-refractivity contribution in [2.45, 2.75) is 17.9 Å². The monoisotopic (exact) mass is 310 g/mol. The van der Waals surface area contributed by atoms with Crippen LogP contribution in [0.1, 0.15) is 18.8 Å². The van der Waals surface area contributed by atoms with Gasteiger partial charge in [0.1, 0.15) is 12.2 Å². The Morgan fingerprint density at radius 3 is 2.67 bits per heavy atom. The van der Waals surface area contributed by atoms with Crippen molar-refractivity contribution < 1.29 is 8.42 Å². The fraction of sp³-hybridized carbons (Fsp3) is 0.333. The summed E-state index contributed by atoms with van der Waals surface area (Å²) in [6, 6.07) is 4.37. The minimum atomic E-state index is -3.50. The molecule has 8 nitrogen and oxygen atoms in total. The first-order chi connectivity index (χ1) is 9.82. The zero-order valence-electron chi connectivity index (χ0n) is 12.0. The average molecular weight is 310 g/mol. The molecule has 0 amide bonds. The van der Waals surface area contributed by atoms with Crippen molar-refractivity contribution in [2.24, 2.45) is 0 Å². The lowest BCUT2D eigenvalue weighted by atomic mass is 10.2. The van der Waals surface area contributed by atoms with Crippen molar-refractivity contribution in [1.29, 1.82) is 0 Å². The summed E-state index contributed by atoms with van der Waals surface area (Å²) in [5.41, 5.74) is 6.88. The van der Waals surface area contributed by atoms with Crippen molar-refractivity contribution in [3.8, 4) is 0 Å². The minimum absolute atomic E-state index is 0.175. The molecule has 9 heteroatoms. The maximum absolute atomic E-state index is 12.1. The van der Waals surface area contributed by atoms with Crippen LogP contribution in [0.2, 0.25) is 0 Å². The van der Waals surface area contributed by atoms with Crippen molar-refractivity contribution in [3.05, 3.63) is 30.4 Å². The Balaban J connectivity index is 2.32. The van der Waals surface area contributed by atoms with E-state index in [1.807, 2.05) is 6.92 Å². The summed E-state index contributed by atoms with van der Waals surface area (Å²) in [5.74, 6) is 0.635. The molecule has 0 saturated carbocycles. The number of nitrogens with zero attached hydrogens (tertiary/aromatic N) is 3. The van der Waals surface area contributed by atoms with E-state index in [2.05, 4.69) is 20.5 Å². The van der Waals surface area contributed by atoms with Gasteiger partial charge in [-0.3, -0.25) is 5.10 Å². The Morgan fingerprint density at radius 1 is 1.38 bits per heavy atom. The number of aromatic nitrogens is 3.